The van der Waals surface area contributed by atoms with Crippen molar-refractivity contribution in [3.8, 4) is 0 Å². The molecule has 1 atom stereocenters. The first-order valence-electron chi connectivity index (χ1n) is 17.8. The summed E-state index contributed by atoms with van der Waals surface area (Å²) in [4.78, 5) is 0. The van der Waals surface area contributed by atoms with Crippen LogP contribution in [0.5, 0.6) is 0 Å². The molecule has 7 rings (SSSR count). The second kappa shape index (κ2) is 16.6. The molecule has 254 valence electrons. The molecule has 0 aromatic heterocycles. The molecule has 1 unspecified atom stereocenters. The highest BCUT2D eigenvalue weighted by atomic mass is 32.2. The Kier molecular flexibility index (Phi) is 11.8. The van der Waals surface area contributed by atoms with Crippen LogP contribution >= 0.6 is 7.26 Å². The summed E-state index contributed by atoms with van der Waals surface area (Å²) in [6.45, 7) is 7.05. The van der Waals surface area contributed by atoms with Crippen molar-refractivity contribution < 1.29 is 0 Å². The molecule has 0 bridgehead atoms. The summed E-state index contributed by atoms with van der Waals surface area (Å²) in [6, 6.07) is 76.8. The van der Waals surface area contributed by atoms with Gasteiger partial charge >= 0.3 is 0 Å². The molecule has 0 aliphatic rings. The summed E-state index contributed by atoms with van der Waals surface area (Å²) in [5.74, 6) is 0. The number of hydrogen-bond donors (Lipinski definition) is 0. The lowest BCUT2D eigenvalue weighted by molar-refractivity contribution is 0.797. The highest BCUT2D eigenvalue weighted by Gasteiger charge is 2.44. The van der Waals surface area contributed by atoms with E-state index >= 15 is 0 Å². The molecule has 0 aliphatic heterocycles. The van der Waals surface area contributed by atoms with Crippen molar-refractivity contribution in [1.82, 2.24) is 0 Å². The first kappa shape index (κ1) is 36.2. The summed E-state index contributed by atoms with van der Waals surface area (Å²) >= 11 is 0. The second-order valence-corrected chi connectivity index (χ2v) is 20.2. The molecule has 0 amide bonds. The van der Waals surface area contributed by atoms with Crippen molar-refractivity contribution in [2.24, 2.45) is 0 Å². The average Bonchev–Trinajstić information content (AvgIpc) is 3.20. The Morgan fingerprint density at radius 1 is 0.373 bits per heavy atom. The van der Waals surface area contributed by atoms with Gasteiger partial charge in [0, 0.05) is 7.26 Å². The van der Waals surface area contributed by atoms with E-state index in [4.69, 9.17) is 0 Å². The Morgan fingerprint density at radius 3 is 0.804 bits per heavy atom. The van der Waals surface area contributed by atoms with Gasteiger partial charge in [0.05, 0.1) is 32.4 Å². The van der Waals surface area contributed by atoms with E-state index in [9.17, 15) is 0 Å². The van der Waals surface area contributed by atoms with E-state index < -0.39 is 13.4 Å². The zero-order valence-corrected chi connectivity index (χ0v) is 31.9. The molecule has 0 nitrogen and oxygen atoms in total. The minimum absolute atomic E-state index is 0.166. The average molecular weight is 699 g/mol. The quantitative estimate of drug-likeness (QED) is 0.0618. The van der Waals surface area contributed by atoms with E-state index in [1.807, 2.05) is 0 Å². The van der Waals surface area contributed by atoms with Crippen molar-refractivity contribution >= 4 is 62.1 Å². The van der Waals surface area contributed by atoms with Gasteiger partial charge in [-0.05, 0) is 57.2 Å². The Labute approximate surface area is 310 Å². The van der Waals surface area contributed by atoms with E-state index in [0.29, 0.717) is 0 Å². The van der Waals surface area contributed by atoms with E-state index in [0.717, 1.165) is 0 Å². The van der Waals surface area contributed by atoms with Gasteiger partial charge in [0.1, 0.15) is 6.15 Å². The Balaban J connectivity index is 0.000000176. The summed E-state index contributed by atoms with van der Waals surface area (Å²) in [6.07, 6.45) is 1.18. The van der Waals surface area contributed by atoms with Gasteiger partial charge in [-0.3, -0.25) is 0 Å². The van der Waals surface area contributed by atoms with E-state index in [2.05, 4.69) is 245 Å². The molecule has 7 aromatic carbocycles. The van der Waals surface area contributed by atoms with Gasteiger partial charge in [-0.1, -0.05) is 176 Å². The molecule has 0 radical (unpaired) electrons. The fourth-order valence-electron chi connectivity index (χ4n) is 7.14. The standard InChI is InChI=1S/C24H20B.C24H28PS/c1-5-13-21(14-6-1)25(22-15-7-2-8-16-22,23-17-9-3-10-18-23)24-19-11-4-12-20-24;1-24(2,3)26(4)20-25(21-14-8-5-9-15-21,22-16-10-6-11-17-22)23-18-12-7-13-19-23/h1-20H;5-20H,1-4H3/q-1;+1. The highest BCUT2D eigenvalue weighted by molar-refractivity contribution is 8.14. The third-order valence-electron chi connectivity index (χ3n) is 9.97. The molecule has 0 fully saturated rings. The van der Waals surface area contributed by atoms with Crippen molar-refractivity contribution in [3.05, 3.63) is 218 Å². The molecule has 0 saturated heterocycles. The molecular weight excluding hydrogens is 650 g/mol. The molecular formula is C48H48BPS. The molecule has 0 saturated carbocycles. The molecule has 3 heteroatoms. The zero-order chi connectivity index (χ0) is 35.6. The topological polar surface area (TPSA) is 0 Å². The molecule has 51 heavy (non-hydrogen) atoms. The maximum atomic E-state index is 2.69. The summed E-state index contributed by atoms with van der Waals surface area (Å²) in [5.41, 5.74) is 8.04. The lowest BCUT2D eigenvalue weighted by Crippen LogP contribution is -2.74. The van der Waals surface area contributed by atoms with Crippen LogP contribution in [0.15, 0.2) is 212 Å². The minimum atomic E-state index is -1.82. The van der Waals surface area contributed by atoms with Crippen LogP contribution in [-0.2, 0) is 10.9 Å². The smallest absolute Gasteiger partial charge is 0.108 e. The number of hydrogen-bond acceptors (Lipinski definition) is 0. The minimum Gasteiger partial charge on any atom is -0.195 e. The van der Waals surface area contributed by atoms with E-state index in [1.54, 1.807) is 0 Å². The molecule has 7 aromatic rings. The maximum Gasteiger partial charge on any atom is 0.108 e. The van der Waals surface area contributed by atoms with Crippen LogP contribution in [0, 0.1) is 5.49 Å². The fourth-order valence-corrected chi connectivity index (χ4v) is 14.6. The lowest BCUT2D eigenvalue weighted by Gasteiger charge is -2.44. The van der Waals surface area contributed by atoms with Crippen molar-refractivity contribution in [2.75, 3.05) is 6.26 Å². The van der Waals surface area contributed by atoms with Gasteiger partial charge in [-0.15, -0.1) is 10.9 Å². The van der Waals surface area contributed by atoms with Crippen LogP contribution in [0.3, 0.4) is 0 Å². The first-order chi connectivity index (χ1) is 24.9. The SMILES string of the molecule is C[S+]([CH-][P+](c1ccccc1)(c1ccccc1)c1ccccc1)C(C)(C)C.c1ccc([B-](c2ccccc2)(c2ccccc2)c2ccccc2)cc1. The van der Waals surface area contributed by atoms with Crippen molar-refractivity contribution in [1.29, 1.82) is 0 Å². The normalized spacial score (nSPS) is 12.3. The molecule has 0 aliphatic carbocycles. The van der Waals surface area contributed by atoms with Gasteiger partial charge in [-0.2, -0.15) is 21.9 Å². The number of benzene rings is 7. The van der Waals surface area contributed by atoms with E-state index in [1.165, 1.54) is 37.8 Å². The van der Waals surface area contributed by atoms with Gasteiger partial charge in [0.15, 0.2) is 0 Å². The Hall–Kier alpha value is -4.62. The number of rotatable bonds is 9. The third-order valence-corrected chi connectivity index (χ3v) is 17.8. The van der Waals surface area contributed by atoms with Gasteiger partial charge in [0.25, 0.3) is 0 Å². The monoisotopic (exact) mass is 698 g/mol. The van der Waals surface area contributed by atoms with Crippen molar-refractivity contribution in [3.63, 3.8) is 0 Å². The Bertz CT molecular complexity index is 1770. The van der Waals surface area contributed by atoms with Crippen LogP contribution in [-0.4, -0.2) is 17.1 Å². The molecule has 0 heterocycles. The van der Waals surface area contributed by atoms with Gasteiger partial charge in [-0.25, -0.2) is 0 Å². The fraction of sp³-hybridized carbons (Fsp3) is 0.104. The maximum absolute atomic E-state index is 2.69. The van der Waals surface area contributed by atoms with Crippen LogP contribution in [0.4, 0.5) is 0 Å². The highest BCUT2D eigenvalue weighted by Crippen LogP contribution is 2.60. The second-order valence-electron chi connectivity index (χ2n) is 14.0. The zero-order valence-electron chi connectivity index (χ0n) is 30.2. The van der Waals surface area contributed by atoms with Gasteiger partial charge in [0.2, 0.25) is 0 Å². The van der Waals surface area contributed by atoms with Crippen LogP contribution < -0.4 is 37.8 Å². The van der Waals surface area contributed by atoms with Crippen LogP contribution in [0.2, 0.25) is 0 Å². The van der Waals surface area contributed by atoms with E-state index in [-0.39, 0.29) is 15.6 Å². The summed E-state index contributed by atoms with van der Waals surface area (Å²) < 4.78 is 0.254. The Morgan fingerprint density at radius 2 is 0.588 bits per heavy atom. The lowest BCUT2D eigenvalue weighted by atomic mass is 9.13. The largest absolute Gasteiger partial charge is 0.195 e. The van der Waals surface area contributed by atoms with Crippen LogP contribution in [0.25, 0.3) is 0 Å². The molecule has 0 spiro atoms. The van der Waals surface area contributed by atoms with Crippen molar-refractivity contribution in [2.45, 2.75) is 25.5 Å². The third kappa shape index (κ3) is 7.84. The summed E-state index contributed by atoms with van der Waals surface area (Å²) in [7, 11) is -1.65. The summed E-state index contributed by atoms with van der Waals surface area (Å²) in [5, 5.41) is 4.29. The van der Waals surface area contributed by atoms with Gasteiger partial charge < -0.3 is 0 Å². The molecule has 0 N–H and O–H groups in total. The first-order valence-corrected chi connectivity index (χ1v) is 21.4. The predicted octanol–water partition coefficient (Wildman–Crippen LogP) is 8.21. The van der Waals surface area contributed by atoms with Crippen LogP contribution in [0.1, 0.15) is 20.8 Å². The predicted molar refractivity (Wildman–Crippen MR) is 233 cm³/mol.